The molecule has 0 aliphatic heterocycles. The second kappa shape index (κ2) is 11.7. The number of fused-ring (bicyclic) bond motifs is 6. The molecule has 0 aliphatic carbocycles. The first kappa shape index (κ1) is 28.6. The summed E-state index contributed by atoms with van der Waals surface area (Å²) >= 11 is 1.85. The third kappa shape index (κ3) is 4.80. The van der Waals surface area contributed by atoms with Gasteiger partial charge in [-0.2, -0.15) is 0 Å². The maximum Gasteiger partial charge on any atom is 0.160 e. The number of rotatable bonds is 5. The fourth-order valence-corrected chi connectivity index (χ4v) is 8.35. The van der Waals surface area contributed by atoms with E-state index in [2.05, 4.69) is 162 Å². The summed E-state index contributed by atoms with van der Waals surface area (Å²) in [7, 11) is 0. The Morgan fingerprint density at radius 3 is 1.70 bits per heavy atom. The number of thiophene rings is 1. The van der Waals surface area contributed by atoms with Gasteiger partial charge in [-0.05, 0) is 53.6 Å². The van der Waals surface area contributed by atoms with Gasteiger partial charge in [0.2, 0.25) is 0 Å². The van der Waals surface area contributed by atoms with Crippen LogP contribution >= 0.6 is 11.3 Å². The predicted octanol–water partition coefficient (Wildman–Crippen LogP) is 12.6. The van der Waals surface area contributed by atoms with Gasteiger partial charge in [0.05, 0.1) is 22.4 Å². The van der Waals surface area contributed by atoms with Gasteiger partial charge in [0, 0.05) is 53.3 Å². The molecule has 50 heavy (non-hydrogen) atoms. The topological polar surface area (TPSA) is 30.7 Å². The molecule has 0 fully saturated rings. The minimum absolute atomic E-state index is 0.708. The molecule has 3 aromatic heterocycles. The number of hydrogen-bond acceptors (Lipinski definition) is 3. The van der Waals surface area contributed by atoms with Gasteiger partial charge in [0.15, 0.2) is 5.82 Å². The van der Waals surface area contributed by atoms with Gasteiger partial charge in [-0.3, -0.25) is 0 Å². The molecule has 0 amide bonds. The van der Waals surface area contributed by atoms with Gasteiger partial charge in [-0.1, -0.05) is 133 Å². The summed E-state index contributed by atoms with van der Waals surface area (Å²) < 4.78 is 4.98. The van der Waals surface area contributed by atoms with Crippen molar-refractivity contribution in [3.8, 4) is 50.7 Å². The Kier molecular flexibility index (Phi) is 6.68. The molecule has 10 aromatic rings. The molecular formula is C46H29N3S. The van der Waals surface area contributed by atoms with E-state index in [0.717, 1.165) is 33.8 Å². The van der Waals surface area contributed by atoms with E-state index in [9.17, 15) is 0 Å². The average Bonchev–Trinajstić information content (AvgIpc) is 3.74. The molecule has 0 bridgehead atoms. The summed E-state index contributed by atoms with van der Waals surface area (Å²) in [5, 5.41) is 5.13. The van der Waals surface area contributed by atoms with E-state index in [0.29, 0.717) is 5.82 Å². The fourth-order valence-electron chi connectivity index (χ4n) is 7.20. The minimum Gasteiger partial charge on any atom is -0.309 e. The molecule has 0 radical (unpaired) electrons. The molecule has 0 spiro atoms. The van der Waals surface area contributed by atoms with Crippen LogP contribution in [0.3, 0.4) is 0 Å². The molecule has 0 N–H and O–H groups in total. The molecular weight excluding hydrogens is 627 g/mol. The van der Waals surface area contributed by atoms with Crippen molar-refractivity contribution >= 4 is 53.3 Å². The molecule has 0 unspecified atom stereocenters. The van der Waals surface area contributed by atoms with Crippen molar-refractivity contribution in [2.75, 3.05) is 0 Å². The number of nitrogens with zero attached hydrogens (tertiary/aromatic N) is 3. The summed E-state index contributed by atoms with van der Waals surface area (Å²) in [6.45, 7) is 0. The van der Waals surface area contributed by atoms with Crippen molar-refractivity contribution in [3.63, 3.8) is 0 Å². The van der Waals surface area contributed by atoms with Crippen LogP contribution in [0.1, 0.15) is 0 Å². The first-order valence-electron chi connectivity index (χ1n) is 16.8. The summed E-state index contributed by atoms with van der Waals surface area (Å²) in [5.74, 6) is 0.708. The van der Waals surface area contributed by atoms with Crippen molar-refractivity contribution in [2.24, 2.45) is 0 Å². The third-order valence-corrected chi connectivity index (χ3v) is 10.8. The number of benzene rings is 7. The smallest absolute Gasteiger partial charge is 0.160 e. The summed E-state index contributed by atoms with van der Waals surface area (Å²) in [5.41, 5.74) is 10.7. The molecule has 0 aliphatic rings. The second-order valence-electron chi connectivity index (χ2n) is 12.6. The lowest BCUT2D eigenvalue weighted by Gasteiger charge is -2.12. The Morgan fingerprint density at radius 2 is 0.940 bits per heavy atom. The van der Waals surface area contributed by atoms with Crippen LogP contribution in [0.2, 0.25) is 0 Å². The predicted molar refractivity (Wildman–Crippen MR) is 211 cm³/mol. The van der Waals surface area contributed by atoms with E-state index < -0.39 is 0 Å². The zero-order chi connectivity index (χ0) is 33.0. The van der Waals surface area contributed by atoms with Crippen LogP contribution in [0.4, 0.5) is 0 Å². The van der Waals surface area contributed by atoms with Gasteiger partial charge in [0.1, 0.15) is 0 Å². The quantitative estimate of drug-likeness (QED) is 0.185. The lowest BCUT2D eigenvalue weighted by molar-refractivity contribution is 1.16. The van der Waals surface area contributed by atoms with Crippen LogP contribution in [0.15, 0.2) is 176 Å². The Hall–Kier alpha value is -6.36. The Labute approximate surface area is 293 Å². The molecule has 0 saturated carbocycles. The van der Waals surface area contributed by atoms with Crippen molar-refractivity contribution in [3.05, 3.63) is 176 Å². The van der Waals surface area contributed by atoms with Crippen molar-refractivity contribution in [1.82, 2.24) is 14.5 Å². The fraction of sp³-hybridized carbons (Fsp3) is 0. The highest BCUT2D eigenvalue weighted by atomic mass is 32.1. The molecule has 3 nitrogen and oxygen atoms in total. The minimum atomic E-state index is 0.708. The molecule has 10 rings (SSSR count). The van der Waals surface area contributed by atoms with Crippen molar-refractivity contribution < 1.29 is 0 Å². The van der Waals surface area contributed by atoms with Gasteiger partial charge in [0.25, 0.3) is 0 Å². The number of aromatic nitrogens is 3. The first-order valence-corrected chi connectivity index (χ1v) is 17.6. The standard InChI is InChI=1S/C46H29N3S/c1-2-11-32(12-3-1)46-47-40(31-23-21-30(22-24-31)33-25-26-39-38-17-6-9-20-44(38)50-45(39)28-33)29-41(48-46)34-13-10-14-35(27-34)49-42-18-7-4-15-36(42)37-16-5-8-19-43(37)49/h1-29H. The second-order valence-corrected chi connectivity index (χ2v) is 13.7. The highest BCUT2D eigenvalue weighted by Gasteiger charge is 2.15. The maximum absolute atomic E-state index is 5.14. The maximum atomic E-state index is 5.14. The molecule has 234 valence electrons. The third-order valence-electron chi connectivity index (χ3n) is 9.63. The van der Waals surface area contributed by atoms with E-state index >= 15 is 0 Å². The Morgan fingerprint density at radius 1 is 0.360 bits per heavy atom. The van der Waals surface area contributed by atoms with Crippen molar-refractivity contribution in [2.45, 2.75) is 0 Å². The SMILES string of the molecule is c1ccc(-c2nc(-c3ccc(-c4ccc5c(c4)sc4ccccc45)cc3)cc(-c3cccc(-n4c5ccccc5c5ccccc54)c3)n2)cc1. The van der Waals surface area contributed by atoms with Crippen LogP contribution in [-0.2, 0) is 0 Å². The van der Waals surface area contributed by atoms with Gasteiger partial charge < -0.3 is 4.57 Å². The molecule has 0 atom stereocenters. The lowest BCUT2D eigenvalue weighted by Crippen LogP contribution is -1.97. The molecule has 3 heterocycles. The molecule has 4 heteroatoms. The highest BCUT2D eigenvalue weighted by molar-refractivity contribution is 7.25. The van der Waals surface area contributed by atoms with E-state index in [1.807, 2.05) is 29.5 Å². The Balaban J connectivity index is 1.07. The monoisotopic (exact) mass is 655 g/mol. The number of para-hydroxylation sites is 2. The van der Waals surface area contributed by atoms with E-state index in [1.165, 1.54) is 53.1 Å². The van der Waals surface area contributed by atoms with Crippen LogP contribution in [-0.4, -0.2) is 14.5 Å². The normalized spacial score (nSPS) is 11.6. The van der Waals surface area contributed by atoms with E-state index in [4.69, 9.17) is 9.97 Å². The van der Waals surface area contributed by atoms with Crippen LogP contribution in [0.25, 0.3) is 92.7 Å². The highest BCUT2D eigenvalue weighted by Crippen LogP contribution is 2.37. The summed E-state index contributed by atoms with van der Waals surface area (Å²) in [4.78, 5) is 10.2. The largest absolute Gasteiger partial charge is 0.309 e. The molecule has 0 saturated heterocycles. The number of hydrogen-bond donors (Lipinski definition) is 0. The summed E-state index contributed by atoms with van der Waals surface area (Å²) in [6, 6.07) is 62.5. The zero-order valence-corrected chi connectivity index (χ0v) is 27.8. The van der Waals surface area contributed by atoms with Crippen LogP contribution in [0.5, 0.6) is 0 Å². The average molecular weight is 656 g/mol. The summed E-state index contributed by atoms with van der Waals surface area (Å²) in [6.07, 6.45) is 0. The first-order chi connectivity index (χ1) is 24.8. The Bertz CT molecular complexity index is 2810. The van der Waals surface area contributed by atoms with E-state index in [-0.39, 0.29) is 0 Å². The van der Waals surface area contributed by atoms with Gasteiger partial charge in [-0.25, -0.2) is 9.97 Å². The van der Waals surface area contributed by atoms with Gasteiger partial charge >= 0.3 is 0 Å². The van der Waals surface area contributed by atoms with E-state index in [1.54, 1.807) is 0 Å². The van der Waals surface area contributed by atoms with Crippen LogP contribution < -0.4 is 0 Å². The molecule has 7 aromatic carbocycles. The zero-order valence-electron chi connectivity index (χ0n) is 27.0. The lowest BCUT2D eigenvalue weighted by atomic mass is 10.0. The van der Waals surface area contributed by atoms with Crippen LogP contribution in [0, 0.1) is 0 Å². The van der Waals surface area contributed by atoms with Gasteiger partial charge in [-0.15, -0.1) is 11.3 Å². The van der Waals surface area contributed by atoms with Crippen molar-refractivity contribution in [1.29, 1.82) is 0 Å².